The van der Waals surface area contributed by atoms with Crippen LogP contribution in [-0.4, -0.2) is 19.2 Å². The molecule has 6 heteroatoms. The fourth-order valence-electron chi connectivity index (χ4n) is 2.68. The quantitative estimate of drug-likeness (QED) is 0.836. The normalized spacial score (nSPS) is 17.5. The van der Waals surface area contributed by atoms with E-state index >= 15 is 0 Å². The van der Waals surface area contributed by atoms with Gasteiger partial charge >= 0.3 is 6.18 Å². The highest BCUT2D eigenvalue weighted by Gasteiger charge is 2.29. The molecule has 1 N–H and O–H groups in total. The molecule has 1 saturated heterocycles. The molecule has 1 aliphatic rings. The van der Waals surface area contributed by atoms with Crippen LogP contribution < -0.4 is 14.8 Å². The third-order valence-corrected chi connectivity index (χ3v) is 4.12. The highest BCUT2D eigenvalue weighted by Crippen LogP contribution is 2.29. The molecule has 1 aliphatic heterocycles. The minimum Gasteiger partial charge on any atom is -0.492 e. The smallest absolute Gasteiger partial charge is 0.416 e. The highest BCUT2D eigenvalue weighted by molar-refractivity contribution is 5.32. The zero-order valence-corrected chi connectivity index (χ0v) is 13.7. The van der Waals surface area contributed by atoms with Gasteiger partial charge in [0.25, 0.3) is 0 Å². The Balaban J connectivity index is 1.48. The number of alkyl halides is 3. The average molecular weight is 351 g/mol. The average Bonchev–Trinajstić information content (AvgIpc) is 3.12. The third kappa shape index (κ3) is 5.13. The van der Waals surface area contributed by atoms with Crippen molar-refractivity contribution in [2.45, 2.75) is 31.7 Å². The van der Waals surface area contributed by atoms with Crippen molar-refractivity contribution in [1.82, 2.24) is 5.32 Å². The van der Waals surface area contributed by atoms with E-state index in [1.54, 1.807) is 12.1 Å². The number of hydrogen-bond acceptors (Lipinski definition) is 3. The van der Waals surface area contributed by atoms with Crippen molar-refractivity contribution in [3.63, 3.8) is 0 Å². The van der Waals surface area contributed by atoms with Gasteiger partial charge < -0.3 is 14.8 Å². The Morgan fingerprint density at radius 2 is 1.56 bits per heavy atom. The molecular formula is C19H20F3NO2. The summed E-state index contributed by atoms with van der Waals surface area (Å²) in [6, 6.07) is 12.6. The molecule has 0 aromatic heterocycles. The first kappa shape index (κ1) is 17.6. The van der Waals surface area contributed by atoms with Crippen LogP contribution in [0.5, 0.6) is 11.5 Å². The van der Waals surface area contributed by atoms with Gasteiger partial charge in [-0.1, -0.05) is 12.1 Å². The molecule has 0 bridgehead atoms. The monoisotopic (exact) mass is 351 g/mol. The molecule has 0 radical (unpaired) electrons. The molecule has 134 valence electrons. The first-order chi connectivity index (χ1) is 12.0. The molecule has 1 atom stereocenters. The Hall–Kier alpha value is -2.21. The lowest BCUT2D eigenvalue weighted by Gasteiger charge is -2.13. The molecule has 1 unspecified atom stereocenters. The second kappa shape index (κ2) is 7.78. The number of rotatable bonds is 6. The molecule has 0 aliphatic carbocycles. The first-order valence-electron chi connectivity index (χ1n) is 8.26. The number of nitrogens with one attached hydrogen (secondary N) is 1. The number of benzene rings is 2. The number of halogens is 3. The van der Waals surface area contributed by atoms with Crippen molar-refractivity contribution in [1.29, 1.82) is 0 Å². The summed E-state index contributed by atoms with van der Waals surface area (Å²) < 4.78 is 48.9. The summed E-state index contributed by atoms with van der Waals surface area (Å²) in [5.41, 5.74) is 0.0233. The van der Waals surface area contributed by atoms with Crippen LogP contribution in [0.3, 0.4) is 0 Å². The van der Waals surface area contributed by atoms with Crippen molar-refractivity contribution in [3.05, 3.63) is 59.7 Å². The van der Waals surface area contributed by atoms with Crippen LogP contribution in [0.4, 0.5) is 13.2 Å². The second-order valence-electron chi connectivity index (χ2n) is 6.06. The van der Waals surface area contributed by atoms with Crippen LogP contribution in [0.15, 0.2) is 48.5 Å². The zero-order valence-electron chi connectivity index (χ0n) is 13.7. The molecule has 0 amide bonds. The van der Waals surface area contributed by atoms with Gasteiger partial charge in [-0.25, -0.2) is 0 Å². The van der Waals surface area contributed by atoms with Gasteiger partial charge in [-0.05, 0) is 61.3 Å². The molecule has 3 nitrogen and oxygen atoms in total. The van der Waals surface area contributed by atoms with Gasteiger partial charge in [-0.3, -0.25) is 0 Å². The minimum atomic E-state index is -4.32. The summed E-state index contributed by atoms with van der Waals surface area (Å²) in [6.07, 6.45) is -2.00. The van der Waals surface area contributed by atoms with Gasteiger partial charge in [0.15, 0.2) is 0 Å². The van der Waals surface area contributed by atoms with E-state index in [-0.39, 0.29) is 6.61 Å². The van der Waals surface area contributed by atoms with E-state index in [1.807, 2.05) is 12.1 Å². The standard InChI is InChI=1S/C19H20F3NO2/c20-19(21,22)15-5-3-14(4-6-15)12-24-17-7-9-18(10-8-17)25-13-16-2-1-11-23-16/h3-10,16,23H,1-2,11-13H2. The largest absolute Gasteiger partial charge is 0.492 e. The molecule has 1 fully saturated rings. The van der Waals surface area contributed by atoms with Crippen molar-refractivity contribution in [2.75, 3.05) is 13.2 Å². The summed E-state index contributed by atoms with van der Waals surface area (Å²) in [6.45, 7) is 1.90. The molecule has 2 aromatic rings. The van der Waals surface area contributed by atoms with Gasteiger partial charge in [-0.2, -0.15) is 13.2 Å². The van der Waals surface area contributed by atoms with Crippen LogP contribution >= 0.6 is 0 Å². The van der Waals surface area contributed by atoms with Crippen molar-refractivity contribution < 1.29 is 22.6 Å². The van der Waals surface area contributed by atoms with Crippen LogP contribution in [0.25, 0.3) is 0 Å². The van der Waals surface area contributed by atoms with Crippen LogP contribution in [0.1, 0.15) is 24.0 Å². The maximum atomic E-state index is 12.5. The summed E-state index contributed by atoms with van der Waals surface area (Å²) in [7, 11) is 0. The first-order valence-corrected chi connectivity index (χ1v) is 8.26. The van der Waals surface area contributed by atoms with Gasteiger partial charge in [0.05, 0.1) is 5.56 Å². The number of ether oxygens (including phenoxy) is 2. The maximum absolute atomic E-state index is 12.5. The lowest BCUT2D eigenvalue weighted by molar-refractivity contribution is -0.137. The van der Waals surface area contributed by atoms with Gasteiger partial charge in [-0.15, -0.1) is 0 Å². The van der Waals surface area contributed by atoms with Crippen molar-refractivity contribution in [2.24, 2.45) is 0 Å². The molecule has 1 heterocycles. The van der Waals surface area contributed by atoms with Gasteiger partial charge in [0.1, 0.15) is 24.7 Å². The molecule has 2 aromatic carbocycles. The molecule has 0 spiro atoms. The predicted octanol–water partition coefficient (Wildman–Crippen LogP) is 4.42. The van der Waals surface area contributed by atoms with E-state index in [9.17, 15) is 13.2 Å². The SMILES string of the molecule is FC(F)(F)c1ccc(COc2ccc(OCC3CCCN3)cc2)cc1. The summed E-state index contributed by atoms with van der Waals surface area (Å²) in [5.74, 6) is 1.42. The van der Waals surface area contributed by atoms with E-state index in [4.69, 9.17) is 9.47 Å². The zero-order chi connectivity index (χ0) is 17.7. The molecular weight excluding hydrogens is 331 g/mol. The number of hydrogen-bond donors (Lipinski definition) is 1. The Morgan fingerprint density at radius 3 is 2.12 bits per heavy atom. The summed E-state index contributed by atoms with van der Waals surface area (Å²) in [4.78, 5) is 0. The van der Waals surface area contributed by atoms with Crippen LogP contribution in [0.2, 0.25) is 0 Å². The Morgan fingerprint density at radius 1 is 0.920 bits per heavy atom. The van der Waals surface area contributed by atoms with Crippen molar-refractivity contribution >= 4 is 0 Å². The molecule has 0 saturated carbocycles. The Bertz CT molecular complexity index is 663. The van der Waals surface area contributed by atoms with E-state index in [0.717, 1.165) is 30.8 Å². The summed E-state index contributed by atoms with van der Waals surface area (Å²) in [5, 5.41) is 3.37. The fourth-order valence-corrected chi connectivity index (χ4v) is 2.68. The van der Waals surface area contributed by atoms with E-state index in [2.05, 4.69) is 5.32 Å². The second-order valence-corrected chi connectivity index (χ2v) is 6.06. The summed E-state index contributed by atoms with van der Waals surface area (Å²) >= 11 is 0. The van der Waals surface area contributed by atoms with Crippen LogP contribution in [-0.2, 0) is 12.8 Å². The van der Waals surface area contributed by atoms with E-state index in [1.165, 1.54) is 18.6 Å². The Kier molecular flexibility index (Phi) is 5.48. The van der Waals surface area contributed by atoms with Gasteiger partial charge in [0, 0.05) is 6.04 Å². The maximum Gasteiger partial charge on any atom is 0.416 e. The topological polar surface area (TPSA) is 30.5 Å². The minimum absolute atomic E-state index is 0.213. The van der Waals surface area contributed by atoms with Crippen molar-refractivity contribution in [3.8, 4) is 11.5 Å². The third-order valence-electron chi connectivity index (χ3n) is 4.12. The Labute approximate surface area is 144 Å². The predicted molar refractivity (Wildman–Crippen MR) is 88.7 cm³/mol. The lowest BCUT2D eigenvalue weighted by Crippen LogP contribution is -2.28. The van der Waals surface area contributed by atoms with Crippen LogP contribution in [0, 0.1) is 0 Å². The van der Waals surface area contributed by atoms with Gasteiger partial charge in [0.2, 0.25) is 0 Å². The van der Waals surface area contributed by atoms with E-state index in [0.29, 0.717) is 24.0 Å². The lowest BCUT2D eigenvalue weighted by atomic mass is 10.1. The molecule has 25 heavy (non-hydrogen) atoms. The molecule has 3 rings (SSSR count). The van der Waals surface area contributed by atoms with E-state index < -0.39 is 11.7 Å². The highest BCUT2D eigenvalue weighted by atomic mass is 19.4. The fraction of sp³-hybridized carbons (Fsp3) is 0.368.